The van der Waals surface area contributed by atoms with Crippen molar-refractivity contribution in [2.75, 3.05) is 18.9 Å². The lowest BCUT2D eigenvalue weighted by Crippen LogP contribution is -2.52. The normalized spacial score (nSPS) is 18.0. The van der Waals surface area contributed by atoms with Crippen LogP contribution in [0.3, 0.4) is 0 Å². The van der Waals surface area contributed by atoms with E-state index in [1.165, 1.54) is 0 Å². The highest BCUT2D eigenvalue weighted by molar-refractivity contribution is 5.83. The zero-order valence-electron chi connectivity index (χ0n) is 12.1. The first kappa shape index (κ1) is 13.7. The molecule has 1 aliphatic rings. The van der Waals surface area contributed by atoms with Crippen LogP contribution < -0.4 is 10.1 Å². The van der Waals surface area contributed by atoms with Crippen LogP contribution in [0.1, 0.15) is 27.2 Å². The van der Waals surface area contributed by atoms with Gasteiger partial charge in [-0.2, -0.15) is 0 Å². The molecule has 1 N–H and O–H groups in total. The number of likely N-dealkylation sites (N-methyl/N-ethyl adjacent to an activating group) is 1. The first-order chi connectivity index (χ1) is 8.95. The highest BCUT2D eigenvalue weighted by atomic mass is 16.5. The van der Waals surface area contributed by atoms with Crippen LogP contribution in [0, 0.1) is 0 Å². The maximum Gasteiger partial charge on any atom is 0.265 e. The Labute approximate surface area is 114 Å². The second-order valence-electron chi connectivity index (χ2n) is 5.55. The molecule has 104 valence electrons. The number of hydrogen-bond donors (Lipinski definition) is 1. The quantitative estimate of drug-likeness (QED) is 0.910. The molecule has 0 radical (unpaired) electrons. The number of benzene rings is 1. The summed E-state index contributed by atoms with van der Waals surface area (Å²) in [6.45, 7) is 6.73. The van der Waals surface area contributed by atoms with Gasteiger partial charge in [0.15, 0.2) is 6.10 Å². The lowest BCUT2D eigenvalue weighted by molar-refractivity contribution is -0.142. The number of nitrogens with zero attached hydrogens (tertiary/aromatic N) is 1. The van der Waals surface area contributed by atoms with Crippen LogP contribution in [0.15, 0.2) is 24.3 Å². The van der Waals surface area contributed by atoms with E-state index < -0.39 is 6.10 Å². The fourth-order valence-corrected chi connectivity index (χ4v) is 2.00. The van der Waals surface area contributed by atoms with E-state index in [9.17, 15) is 4.79 Å². The molecule has 0 saturated carbocycles. The van der Waals surface area contributed by atoms with Gasteiger partial charge < -0.3 is 15.0 Å². The van der Waals surface area contributed by atoms with Crippen LogP contribution >= 0.6 is 0 Å². The molecule has 0 spiro atoms. The summed E-state index contributed by atoms with van der Waals surface area (Å²) in [5.41, 5.74) is 0.793. The Kier molecular flexibility index (Phi) is 3.69. The number of nitrogens with one attached hydrogen (secondary N) is 1. The molecule has 2 rings (SSSR count). The third-order valence-corrected chi connectivity index (χ3v) is 4.01. The summed E-state index contributed by atoms with van der Waals surface area (Å²) >= 11 is 0. The average Bonchev–Trinajstić information content (AvgIpc) is 2.45. The molecule has 0 aliphatic carbocycles. The van der Waals surface area contributed by atoms with E-state index in [2.05, 4.69) is 26.1 Å². The van der Waals surface area contributed by atoms with E-state index in [1.807, 2.05) is 31.3 Å². The van der Waals surface area contributed by atoms with Crippen molar-refractivity contribution in [1.29, 1.82) is 0 Å². The van der Waals surface area contributed by atoms with Gasteiger partial charge in [-0.15, -0.1) is 0 Å². The molecule has 1 atom stereocenters. The van der Waals surface area contributed by atoms with Gasteiger partial charge >= 0.3 is 0 Å². The molecule has 0 bridgehead atoms. The second-order valence-corrected chi connectivity index (χ2v) is 5.55. The van der Waals surface area contributed by atoms with Gasteiger partial charge in [-0.25, -0.2) is 0 Å². The van der Waals surface area contributed by atoms with Crippen molar-refractivity contribution < 1.29 is 9.53 Å². The van der Waals surface area contributed by atoms with Gasteiger partial charge in [0.25, 0.3) is 5.91 Å². The van der Waals surface area contributed by atoms with Crippen molar-refractivity contribution >= 4 is 11.6 Å². The summed E-state index contributed by atoms with van der Waals surface area (Å²) in [6, 6.07) is 7.69. The molecule has 1 aromatic carbocycles. The third-order valence-electron chi connectivity index (χ3n) is 4.01. The maximum absolute atomic E-state index is 12.5. The van der Waals surface area contributed by atoms with Gasteiger partial charge in [-0.1, -0.05) is 19.1 Å². The summed E-state index contributed by atoms with van der Waals surface area (Å²) in [6.07, 6.45) is 0.456. The van der Waals surface area contributed by atoms with E-state index in [0.717, 1.165) is 17.9 Å². The van der Waals surface area contributed by atoms with E-state index in [-0.39, 0.29) is 11.4 Å². The summed E-state index contributed by atoms with van der Waals surface area (Å²) in [7, 11) is 1.84. The number of ether oxygens (including phenoxy) is 1. The summed E-state index contributed by atoms with van der Waals surface area (Å²) in [5, 5.41) is 3.25. The first-order valence-electron chi connectivity index (χ1n) is 6.73. The topological polar surface area (TPSA) is 41.6 Å². The lowest BCUT2D eigenvalue weighted by atomic mass is 9.99. The van der Waals surface area contributed by atoms with Gasteiger partial charge in [0.1, 0.15) is 5.75 Å². The van der Waals surface area contributed by atoms with Crippen molar-refractivity contribution in [3.63, 3.8) is 0 Å². The minimum absolute atomic E-state index is 0.0221. The molecular weight excluding hydrogens is 240 g/mol. The molecule has 1 unspecified atom stereocenters. The molecule has 1 heterocycles. The number of fused-ring (bicyclic) bond motifs is 1. The number of carbonyl (C=O) groups excluding carboxylic acids is 1. The standard InChI is InChI=1S/C15H22N2O2/c1-5-15(2,3)17(4)14(18)13-10-16-11-8-6-7-9-12(11)19-13/h6-9,13,16H,5,10H2,1-4H3. The Balaban J connectivity index is 2.11. The third kappa shape index (κ3) is 2.67. The van der Waals surface area contributed by atoms with Gasteiger partial charge in [0.05, 0.1) is 12.2 Å². The number of para-hydroxylation sites is 2. The molecular formula is C15H22N2O2. The molecule has 0 aromatic heterocycles. The number of amides is 1. The van der Waals surface area contributed by atoms with Crippen molar-refractivity contribution in [3.05, 3.63) is 24.3 Å². The minimum Gasteiger partial charge on any atom is -0.477 e. The van der Waals surface area contributed by atoms with Crippen LogP contribution in [0.4, 0.5) is 5.69 Å². The Hall–Kier alpha value is -1.71. The number of carbonyl (C=O) groups is 1. The molecule has 4 nitrogen and oxygen atoms in total. The molecule has 4 heteroatoms. The highest BCUT2D eigenvalue weighted by Crippen LogP contribution is 2.29. The fraction of sp³-hybridized carbons (Fsp3) is 0.533. The molecule has 1 amide bonds. The second kappa shape index (κ2) is 5.11. The Morgan fingerprint density at radius 1 is 1.47 bits per heavy atom. The smallest absolute Gasteiger partial charge is 0.265 e. The monoisotopic (exact) mass is 262 g/mol. The van der Waals surface area contributed by atoms with Crippen molar-refractivity contribution in [1.82, 2.24) is 4.90 Å². The predicted octanol–water partition coefficient (Wildman–Crippen LogP) is 2.51. The average molecular weight is 262 g/mol. The minimum atomic E-state index is -0.453. The molecule has 1 aromatic rings. The summed E-state index contributed by atoms with van der Waals surface area (Å²) in [5.74, 6) is 0.767. The van der Waals surface area contributed by atoms with Crippen LogP contribution in [0.25, 0.3) is 0 Å². The highest BCUT2D eigenvalue weighted by Gasteiger charge is 2.33. The van der Waals surface area contributed by atoms with Gasteiger partial charge in [-0.3, -0.25) is 4.79 Å². The molecule has 0 fully saturated rings. The Morgan fingerprint density at radius 3 is 2.84 bits per heavy atom. The van der Waals surface area contributed by atoms with Crippen LogP contribution in [-0.2, 0) is 4.79 Å². The summed E-state index contributed by atoms with van der Waals surface area (Å²) < 4.78 is 5.80. The Bertz CT molecular complexity index is 471. The summed E-state index contributed by atoms with van der Waals surface area (Å²) in [4.78, 5) is 14.3. The largest absolute Gasteiger partial charge is 0.477 e. The maximum atomic E-state index is 12.5. The zero-order chi connectivity index (χ0) is 14.0. The Morgan fingerprint density at radius 2 is 2.16 bits per heavy atom. The van der Waals surface area contributed by atoms with Crippen LogP contribution in [0.5, 0.6) is 5.75 Å². The predicted molar refractivity (Wildman–Crippen MR) is 76.5 cm³/mol. The van der Waals surface area contributed by atoms with Crippen molar-refractivity contribution in [2.24, 2.45) is 0 Å². The van der Waals surface area contributed by atoms with Crippen molar-refractivity contribution in [2.45, 2.75) is 38.8 Å². The molecule has 0 saturated heterocycles. The lowest BCUT2D eigenvalue weighted by Gasteiger charge is -2.38. The van der Waals surface area contributed by atoms with Crippen LogP contribution in [0.2, 0.25) is 0 Å². The fourth-order valence-electron chi connectivity index (χ4n) is 2.00. The number of anilines is 1. The van der Waals surface area contributed by atoms with E-state index in [4.69, 9.17) is 4.74 Å². The van der Waals surface area contributed by atoms with Gasteiger partial charge in [0, 0.05) is 12.6 Å². The van der Waals surface area contributed by atoms with E-state index in [1.54, 1.807) is 4.90 Å². The van der Waals surface area contributed by atoms with Gasteiger partial charge in [0.2, 0.25) is 0 Å². The molecule has 19 heavy (non-hydrogen) atoms. The van der Waals surface area contributed by atoms with E-state index in [0.29, 0.717) is 6.54 Å². The number of rotatable bonds is 3. The van der Waals surface area contributed by atoms with E-state index >= 15 is 0 Å². The molecule has 1 aliphatic heterocycles. The zero-order valence-corrected chi connectivity index (χ0v) is 12.1. The number of hydrogen-bond acceptors (Lipinski definition) is 3. The van der Waals surface area contributed by atoms with Crippen LogP contribution in [-0.4, -0.2) is 36.0 Å². The van der Waals surface area contributed by atoms with Gasteiger partial charge in [-0.05, 0) is 32.4 Å². The first-order valence-corrected chi connectivity index (χ1v) is 6.73. The SMILES string of the molecule is CCC(C)(C)N(C)C(=O)C1CNc2ccccc2O1. The van der Waals surface area contributed by atoms with Crippen molar-refractivity contribution in [3.8, 4) is 5.75 Å².